The largest absolute Gasteiger partial charge is 0.444 e. The van der Waals surface area contributed by atoms with E-state index in [0.717, 1.165) is 12.1 Å². The van der Waals surface area contributed by atoms with Gasteiger partial charge >= 0.3 is 6.09 Å². The Morgan fingerprint density at radius 3 is 2.04 bits per heavy atom. The lowest BCUT2D eigenvalue weighted by atomic mass is 9.86. The number of alkyl carbamates (subject to hydrolysis) is 1. The van der Waals surface area contributed by atoms with Crippen molar-refractivity contribution < 1.29 is 23.1 Å². The zero-order valence-electron chi connectivity index (χ0n) is 16.4. The minimum atomic E-state index is -0.983. The van der Waals surface area contributed by atoms with Gasteiger partial charge in [0.05, 0.1) is 6.04 Å². The maximum atomic E-state index is 13.4. The van der Waals surface area contributed by atoms with Crippen LogP contribution in [0.3, 0.4) is 0 Å². The number of benzene rings is 1. The standard InChI is InChI=1S/C19H28F2N2O3/c1-11(12-8-9-13(20)14(21)10-12)22-16(24)15(18(2,3)4)23-17(25)26-19(5,6)7/h8-11,15H,1-7H3,(H,22,24)(H,23,25)/t11-,15+/m0/s1. The monoisotopic (exact) mass is 370 g/mol. The molecule has 0 fully saturated rings. The zero-order valence-corrected chi connectivity index (χ0v) is 16.4. The minimum absolute atomic E-state index is 0.419. The average molecular weight is 370 g/mol. The molecule has 0 spiro atoms. The lowest BCUT2D eigenvalue weighted by Crippen LogP contribution is -2.54. The van der Waals surface area contributed by atoms with Gasteiger partial charge < -0.3 is 15.4 Å². The summed E-state index contributed by atoms with van der Waals surface area (Å²) in [6.45, 7) is 12.2. The number of ether oxygens (including phenoxy) is 1. The summed E-state index contributed by atoms with van der Waals surface area (Å²) < 4.78 is 31.7. The molecule has 0 heterocycles. The Balaban J connectivity index is 2.89. The third-order valence-corrected chi connectivity index (χ3v) is 3.59. The second-order valence-corrected chi connectivity index (χ2v) is 8.35. The highest BCUT2D eigenvalue weighted by Crippen LogP contribution is 2.22. The molecular weight excluding hydrogens is 342 g/mol. The first-order valence-electron chi connectivity index (χ1n) is 8.45. The van der Waals surface area contributed by atoms with E-state index >= 15 is 0 Å². The molecule has 146 valence electrons. The summed E-state index contributed by atoms with van der Waals surface area (Å²) in [7, 11) is 0. The normalized spacial score (nSPS) is 14.3. The van der Waals surface area contributed by atoms with Crippen LogP contribution >= 0.6 is 0 Å². The smallest absolute Gasteiger partial charge is 0.408 e. The molecule has 0 saturated carbocycles. The Labute approximate surface area is 153 Å². The van der Waals surface area contributed by atoms with Crippen molar-refractivity contribution >= 4 is 12.0 Å². The van der Waals surface area contributed by atoms with Crippen LogP contribution in [0.5, 0.6) is 0 Å². The number of carbonyl (C=O) groups excluding carboxylic acids is 2. The summed E-state index contributed by atoms with van der Waals surface area (Å²) in [5.74, 6) is -2.38. The quantitative estimate of drug-likeness (QED) is 0.839. The van der Waals surface area contributed by atoms with Crippen LogP contribution in [-0.2, 0) is 9.53 Å². The van der Waals surface area contributed by atoms with Crippen molar-refractivity contribution in [2.24, 2.45) is 5.41 Å². The van der Waals surface area contributed by atoms with E-state index in [4.69, 9.17) is 4.74 Å². The van der Waals surface area contributed by atoms with Gasteiger partial charge in [-0.3, -0.25) is 4.79 Å². The molecule has 0 aliphatic rings. The summed E-state index contributed by atoms with van der Waals surface area (Å²) in [6, 6.07) is 2.01. The number of hydrogen-bond donors (Lipinski definition) is 2. The van der Waals surface area contributed by atoms with Crippen LogP contribution in [0.25, 0.3) is 0 Å². The van der Waals surface area contributed by atoms with Crippen LogP contribution in [0.15, 0.2) is 18.2 Å². The number of carbonyl (C=O) groups is 2. The van der Waals surface area contributed by atoms with Crippen LogP contribution in [-0.4, -0.2) is 23.6 Å². The number of nitrogens with one attached hydrogen (secondary N) is 2. The highest BCUT2D eigenvalue weighted by Gasteiger charge is 2.34. The van der Waals surface area contributed by atoms with Crippen molar-refractivity contribution in [2.45, 2.75) is 66.2 Å². The van der Waals surface area contributed by atoms with Gasteiger partial charge in [0.1, 0.15) is 11.6 Å². The Morgan fingerprint density at radius 1 is 1.00 bits per heavy atom. The van der Waals surface area contributed by atoms with Gasteiger partial charge in [-0.25, -0.2) is 13.6 Å². The predicted octanol–water partition coefficient (Wildman–Crippen LogP) is 4.08. The van der Waals surface area contributed by atoms with Crippen LogP contribution in [0.4, 0.5) is 13.6 Å². The van der Waals surface area contributed by atoms with Crippen LogP contribution in [0, 0.1) is 17.0 Å². The number of hydrogen-bond acceptors (Lipinski definition) is 3. The Hall–Kier alpha value is -2.18. The number of halogens is 2. The van der Waals surface area contributed by atoms with Crippen molar-refractivity contribution in [1.82, 2.24) is 10.6 Å². The van der Waals surface area contributed by atoms with Gasteiger partial charge in [0.25, 0.3) is 0 Å². The minimum Gasteiger partial charge on any atom is -0.444 e. The lowest BCUT2D eigenvalue weighted by Gasteiger charge is -2.32. The molecule has 1 aromatic carbocycles. The van der Waals surface area contributed by atoms with E-state index in [9.17, 15) is 18.4 Å². The molecule has 0 aliphatic carbocycles. The fourth-order valence-electron chi connectivity index (χ4n) is 2.26. The maximum absolute atomic E-state index is 13.4. The molecule has 0 bridgehead atoms. The van der Waals surface area contributed by atoms with Crippen molar-refractivity contribution in [3.05, 3.63) is 35.4 Å². The molecular formula is C19H28F2N2O3. The topological polar surface area (TPSA) is 67.4 Å². The molecule has 2 amide bonds. The SMILES string of the molecule is C[C@H](NC(=O)[C@@H](NC(=O)OC(C)(C)C)C(C)(C)C)c1ccc(F)c(F)c1. The summed E-state index contributed by atoms with van der Waals surface area (Å²) in [5, 5.41) is 5.30. The summed E-state index contributed by atoms with van der Waals surface area (Å²) >= 11 is 0. The summed E-state index contributed by atoms with van der Waals surface area (Å²) in [6.07, 6.45) is -0.701. The van der Waals surface area contributed by atoms with Crippen LogP contribution < -0.4 is 10.6 Å². The van der Waals surface area contributed by atoms with Crippen LogP contribution in [0.1, 0.15) is 60.1 Å². The van der Waals surface area contributed by atoms with Gasteiger partial charge in [-0.05, 0) is 50.8 Å². The third-order valence-electron chi connectivity index (χ3n) is 3.59. The Bertz CT molecular complexity index is 664. The lowest BCUT2D eigenvalue weighted by molar-refractivity contribution is -0.126. The molecule has 0 radical (unpaired) electrons. The molecule has 0 aliphatic heterocycles. The third kappa shape index (κ3) is 6.61. The maximum Gasteiger partial charge on any atom is 0.408 e. The molecule has 2 N–H and O–H groups in total. The van der Waals surface area contributed by atoms with Gasteiger partial charge in [0, 0.05) is 0 Å². The second kappa shape index (κ2) is 8.01. The molecule has 0 aromatic heterocycles. The fourth-order valence-corrected chi connectivity index (χ4v) is 2.26. The molecule has 2 atom stereocenters. The van der Waals surface area contributed by atoms with Crippen molar-refractivity contribution in [1.29, 1.82) is 0 Å². The van der Waals surface area contributed by atoms with E-state index in [1.165, 1.54) is 6.07 Å². The predicted molar refractivity (Wildman–Crippen MR) is 95.5 cm³/mol. The van der Waals surface area contributed by atoms with E-state index in [2.05, 4.69) is 10.6 Å². The van der Waals surface area contributed by atoms with Gasteiger partial charge in [0.15, 0.2) is 11.6 Å². The molecule has 5 nitrogen and oxygen atoms in total. The highest BCUT2D eigenvalue weighted by atomic mass is 19.2. The van der Waals surface area contributed by atoms with Crippen molar-refractivity contribution in [2.75, 3.05) is 0 Å². The molecule has 7 heteroatoms. The average Bonchev–Trinajstić information content (AvgIpc) is 2.44. The van der Waals surface area contributed by atoms with E-state index in [-0.39, 0.29) is 0 Å². The molecule has 26 heavy (non-hydrogen) atoms. The Morgan fingerprint density at radius 2 is 1.58 bits per heavy atom. The Kier molecular flexibility index (Phi) is 6.74. The molecule has 1 aromatic rings. The number of rotatable bonds is 4. The number of amides is 2. The van der Waals surface area contributed by atoms with Gasteiger partial charge in [-0.1, -0.05) is 26.8 Å². The molecule has 0 unspecified atom stereocenters. The summed E-state index contributed by atoms with van der Waals surface area (Å²) in [4.78, 5) is 24.7. The summed E-state index contributed by atoms with van der Waals surface area (Å²) in [5.41, 5.74) is -0.862. The zero-order chi connectivity index (χ0) is 20.3. The van der Waals surface area contributed by atoms with Crippen molar-refractivity contribution in [3.63, 3.8) is 0 Å². The van der Waals surface area contributed by atoms with E-state index in [0.29, 0.717) is 5.56 Å². The first-order valence-corrected chi connectivity index (χ1v) is 8.45. The van der Waals surface area contributed by atoms with E-state index in [1.54, 1.807) is 48.5 Å². The van der Waals surface area contributed by atoms with Crippen molar-refractivity contribution in [3.8, 4) is 0 Å². The highest BCUT2D eigenvalue weighted by molar-refractivity contribution is 5.86. The van der Waals surface area contributed by atoms with E-state index in [1.807, 2.05) is 0 Å². The van der Waals surface area contributed by atoms with Gasteiger partial charge in [-0.2, -0.15) is 0 Å². The second-order valence-electron chi connectivity index (χ2n) is 8.35. The molecule has 1 rings (SSSR count). The van der Waals surface area contributed by atoms with Gasteiger partial charge in [-0.15, -0.1) is 0 Å². The van der Waals surface area contributed by atoms with E-state index < -0.39 is 46.7 Å². The fraction of sp³-hybridized carbons (Fsp3) is 0.579. The van der Waals surface area contributed by atoms with Gasteiger partial charge in [0.2, 0.25) is 5.91 Å². The first kappa shape index (κ1) is 21.9. The first-order chi connectivity index (χ1) is 11.7. The van der Waals surface area contributed by atoms with Crippen LogP contribution in [0.2, 0.25) is 0 Å². The molecule has 0 saturated heterocycles.